The van der Waals surface area contributed by atoms with Crippen LogP contribution in [0.4, 0.5) is 13.2 Å². The fraction of sp³-hybridized carbons (Fsp3) is 0.900. The summed E-state index contributed by atoms with van der Waals surface area (Å²) in [4.78, 5) is 22.8. The molecule has 0 saturated heterocycles. The standard InChI is InChI=1S/C20H35F3O4/c1-3-4-5-6-7-8-9-10-11-12-16-26-18(24)14-13-15-19(25)27-17(2)20(21,22)23/h17H,3-16H2,1-2H3. The number of hydrogen-bond donors (Lipinski definition) is 0. The van der Waals surface area contributed by atoms with Crippen LogP contribution in [0.5, 0.6) is 0 Å². The van der Waals surface area contributed by atoms with Gasteiger partial charge < -0.3 is 9.47 Å². The van der Waals surface area contributed by atoms with Gasteiger partial charge in [-0.05, 0) is 19.8 Å². The number of unbranched alkanes of at least 4 members (excludes halogenated alkanes) is 9. The SMILES string of the molecule is CCCCCCCCCCCCOC(=O)CCCC(=O)OC(C)C(F)(F)F. The topological polar surface area (TPSA) is 52.6 Å². The van der Waals surface area contributed by atoms with Gasteiger partial charge in [-0.3, -0.25) is 9.59 Å². The second-order valence-corrected chi connectivity index (χ2v) is 6.93. The average Bonchev–Trinajstić information content (AvgIpc) is 2.58. The highest BCUT2D eigenvalue weighted by Gasteiger charge is 2.38. The quantitative estimate of drug-likeness (QED) is 0.233. The van der Waals surface area contributed by atoms with Crippen molar-refractivity contribution in [3.8, 4) is 0 Å². The molecule has 0 bridgehead atoms. The van der Waals surface area contributed by atoms with Crippen molar-refractivity contribution in [3.05, 3.63) is 0 Å². The summed E-state index contributed by atoms with van der Waals surface area (Å²) in [6.07, 6.45) is 5.15. The number of carbonyl (C=O) groups excluding carboxylic acids is 2. The van der Waals surface area contributed by atoms with E-state index in [0.29, 0.717) is 6.61 Å². The van der Waals surface area contributed by atoms with Gasteiger partial charge in [0, 0.05) is 12.8 Å². The Bertz CT molecular complexity index is 397. The second kappa shape index (κ2) is 15.8. The number of hydrogen-bond acceptors (Lipinski definition) is 4. The molecule has 0 rings (SSSR count). The van der Waals surface area contributed by atoms with Crippen molar-refractivity contribution in [3.63, 3.8) is 0 Å². The molecule has 0 heterocycles. The van der Waals surface area contributed by atoms with Crippen molar-refractivity contribution in [2.45, 2.75) is 110 Å². The lowest BCUT2D eigenvalue weighted by atomic mass is 10.1. The van der Waals surface area contributed by atoms with Crippen LogP contribution in [0, 0.1) is 0 Å². The van der Waals surface area contributed by atoms with Crippen molar-refractivity contribution in [2.24, 2.45) is 0 Å². The minimum absolute atomic E-state index is 0.00720. The number of halogens is 3. The molecule has 7 heteroatoms. The van der Waals surface area contributed by atoms with Crippen molar-refractivity contribution in [1.29, 1.82) is 0 Å². The van der Waals surface area contributed by atoms with Gasteiger partial charge in [0.1, 0.15) is 0 Å². The Hall–Kier alpha value is -1.27. The predicted molar refractivity (Wildman–Crippen MR) is 98.3 cm³/mol. The third-order valence-electron chi connectivity index (χ3n) is 4.29. The highest BCUT2D eigenvalue weighted by molar-refractivity contribution is 5.72. The summed E-state index contributed by atoms with van der Waals surface area (Å²) in [7, 11) is 0. The molecule has 0 fully saturated rings. The Labute approximate surface area is 161 Å². The summed E-state index contributed by atoms with van der Waals surface area (Å²) in [5.74, 6) is -1.38. The summed E-state index contributed by atoms with van der Waals surface area (Å²) < 4.78 is 46.0. The molecule has 0 spiro atoms. The second-order valence-electron chi connectivity index (χ2n) is 6.93. The Balaban J connectivity index is 3.46. The van der Waals surface area contributed by atoms with Crippen molar-refractivity contribution in [2.75, 3.05) is 6.61 Å². The Morgan fingerprint density at radius 2 is 1.26 bits per heavy atom. The number of alkyl halides is 3. The highest BCUT2D eigenvalue weighted by Crippen LogP contribution is 2.22. The molecule has 0 aliphatic heterocycles. The van der Waals surface area contributed by atoms with Gasteiger partial charge in [-0.15, -0.1) is 0 Å². The summed E-state index contributed by atoms with van der Waals surface area (Å²) in [5.41, 5.74) is 0. The van der Waals surface area contributed by atoms with Crippen LogP contribution in [0.25, 0.3) is 0 Å². The maximum Gasteiger partial charge on any atom is 0.425 e. The molecule has 0 aromatic heterocycles. The van der Waals surface area contributed by atoms with Crippen LogP contribution in [-0.4, -0.2) is 30.8 Å². The van der Waals surface area contributed by atoms with Gasteiger partial charge in [0.2, 0.25) is 0 Å². The van der Waals surface area contributed by atoms with Gasteiger partial charge >= 0.3 is 18.1 Å². The van der Waals surface area contributed by atoms with Gasteiger partial charge in [0.05, 0.1) is 6.61 Å². The third kappa shape index (κ3) is 16.6. The van der Waals surface area contributed by atoms with E-state index < -0.39 is 24.2 Å². The highest BCUT2D eigenvalue weighted by atomic mass is 19.4. The van der Waals surface area contributed by atoms with Crippen LogP contribution < -0.4 is 0 Å². The number of carbonyl (C=O) groups is 2. The number of esters is 2. The average molecular weight is 396 g/mol. The number of rotatable bonds is 16. The first kappa shape index (κ1) is 25.7. The molecule has 0 N–H and O–H groups in total. The van der Waals surface area contributed by atoms with Gasteiger partial charge in [-0.1, -0.05) is 64.7 Å². The van der Waals surface area contributed by atoms with E-state index in [9.17, 15) is 22.8 Å². The molecule has 4 nitrogen and oxygen atoms in total. The smallest absolute Gasteiger partial charge is 0.425 e. The summed E-state index contributed by atoms with van der Waals surface area (Å²) in [6, 6.07) is 0. The van der Waals surface area contributed by atoms with Gasteiger partial charge in [-0.2, -0.15) is 13.2 Å². The lowest BCUT2D eigenvalue weighted by Gasteiger charge is -2.16. The molecule has 1 unspecified atom stereocenters. The molecule has 27 heavy (non-hydrogen) atoms. The molecule has 0 radical (unpaired) electrons. The zero-order valence-corrected chi connectivity index (χ0v) is 16.7. The van der Waals surface area contributed by atoms with Gasteiger partial charge in [-0.25, -0.2) is 0 Å². The van der Waals surface area contributed by atoms with E-state index in [0.717, 1.165) is 26.2 Å². The summed E-state index contributed by atoms with van der Waals surface area (Å²) >= 11 is 0. The molecule has 0 aromatic carbocycles. The Kier molecular flexibility index (Phi) is 15.0. The summed E-state index contributed by atoms with van der Waals surface area (Å²) in [5, 5.41) is 0. The molecule has 0 aliphatic rings. The van der Waals surface area contributed by atoms with E-state index in [1.54, 1.807) is 0 Å². The van der Waals surface area contributed by atoms with Crippen LogP contribution in [0.3, 0.4) is 0 Å². The minimum atomic E-state index is -4.57. The first-order valence-electron chi connectivity index (χ1n) is 10.2. The van der Waals surface area contributed by atoms with Crippen LogP contribution in [0.1, 0.15) is 97.3 Å². The summed E-state index contributed by atoms with van der Waals surface area (Å²) in [6.45, 7) is 3.34. The zero-order chi connectivity index (χ0) is 20.5. The van der Waals surface area contributed by atoms with E-state index in [1.165, 1.54) is 44.9 Å². The Morgan fingerprint density at radius 3 is 1.78 bits per heavy atom. The van der Waals surface area contributed by atoms with Crippen LogP contribution in [0.2, 0.25) is 0 Å². The van der Waals surface area contributed by atoms with Crippen molar-refractivity contribution >= 4 is 11.9 Å². The molecule has 0 amide bonds. The largest absolute Gasteiger partial charge is 0.466 e. The van der Waals surface area contributed by atoms with Gasteiger partial charge in [0.25, 0.3) is 0 Å². The first-order chi connectivity index (χ1) is 12.8. The molecular weight excluding hydrogens is 361 g/mol. The first-order valence-corrected chi connectivity index (χ1v) is 10.2. The van der Waals surface area contributed by atoms with Crippen LogP contribution in [-0.2, 0) is 19.1 Å². The molecule has 0 aromatic rings. The Morgan fingerprint density at radius 1 is 0.778 bits per heavy atom. The fourth-order valence-electron chi connectivity index (χ4n) is 2.55. The molecule has 1 atom stereocenters. The van der Waals surface area contributed by atoms with Crippen LogP contribution in [0.15, 0.2) is 0 Å². The lowest BCUT2D eigenvalue weighted by molar-refractivity contribution is -0.216. The van der Waals surface area contributed by atoms with Crippen LogP contribution >= 0.6 is 0 Å². The minimum Gasteiger partial charge on any atom is -0.466 e. The lowest BCUT2D eigenvalue weighted by Crippen LogP contribution is -2.30. The van der Waals surface area contributed by atoms with Gasteiger partial charge in [0.15, 0.2) is 6.10 Å². The molecule has 0 saturated carbocycles. The third-order valence-corrected chi connectivity index (χ3v) is 4.29. The van der Waals surface area contributed by atoms with E-state index in [-0.39, 0.29) is 19.3 Å². The molecule has 160 valence electrons. The van der Waals surface area contributed by atoms with Crippen molar-refractivity contribution < 1.29 is 32.2 Å². The van der Waals surface area contributed by atoms with E-state index in [2.05, 4.69) is 11.7 Å². The maximum atomic E-state index is 12.2. The van der Waals surface area contributed by atoms with E-state index >= 15 is 0 Å². The number of ether oxygens (including phenoxy) is 2. The molecular formula is C20H35F3O4. The maximum absolute atomic E-state index is 12.2. The van der Waals surface area contributed by atoms with Crippen molar-refractivity contribution in [1.82, 2.24) is 0 Å². The zero-order valence-electron chi connectivity index (χ0n) is 16.7. The van der Waals surface area contributed by atoms with E-state index in [1.807, 2.05) is 0 Å². The normalized spacial score (nSPS) is 12.6. The fourth-order valence-corrected chi connectivity index (χ4v) is 2.55. The molecule has 0 aliphatic carbocycles. The predicted octanol–water partition coefficient (Wildman–Crippen LogP) is 6.11. The van der Waals surface area contributed by atoms with E-state index in [4.69, 9.17) is 4.74 Å². The monoisotopic (exact) mass is 396 g/mol.